The summed E-state index contributed by atoms with van der Waals surface area (Å²) in [6.07, 6.45) is -4.39. The van der Waals surface area contributed by atoms with Crippen LogP contribution >= 0.6 is 0 Å². The molecule has 2 rings (SSSR count). The molecule has 0 radical (unpaired) electrons. The maximum absolute atomic E-state index is 12.5. The van der Waals surface area contributed by atoms with Crippen molar-refractivity contribution in [1.29, 1.82) is 5.26 Å². The number of pyridine rings is 1. The normalized spacial score (nSPS) is 12.0. The van der Waals surface area contributed by atoms with E-state index < -0.39 is 11.7 Å². The van der Waals surface area contributed by atoms with Gasteiger partial charge in [-0.05, 0) is 43.3 Å². The molecular formula is C15H10F3N3. The molecule has 6 heteroatoms. The Bertz CT molecular complexity index is 710. The Morgan fingerprint density at radius 1 is 1.14 bits per heavy atom. The van der Waals surface area contributed by atoms with Crippen LogP contribution in [0.2, 0.25) is 0 Å². The van der Waals surface area contributed by atoms with E-state index in [9.17, 15) is 13.2 Å². The quantitative estimate of drug-likeness (QED) is 0.783. The van der Waals surface area contributed by atoms with Gasteiger partial charge in [-0.1, -0.05) is 6.07 Å². The van der Waals surface area contributed by atoms with Gasteiger partial charge in [0.1, 0.15) is 6.07 Å². The van der Waals surface area contributed by atoms with E-state index in [-0.39, 0.29) is 11.4 Å². The molecule has 106 valence electrons. The van der Waals surface area contributed by atoms with Crippen molar-refractivity contribution in [2.45, 2.75) is 13.1 Å². The molecule has 0 atom stereocenters. The minimum Gasteiger partial charge on any atom is -0.251 e. The van der Waals surface area contributed by atoms with E-state index >= 15 is 0 Å². The second kappa shape index (κ2) is 5.75. The van der Waals surface area contributed by atoms with Crippen LogP contribution in [-0.4, -0.2) is 10.7 Å². The highest BCUT2D eigenvalue weighted by molar-refractivity contribution is 6.11. The van der Waals surface area contributed by atoms with Crippen LogP contribution in [0.4, 0.5) is 18.9 Å². The highest BCUT2D eigenvalue weighted by Gasteiger charge is 2.29. The van der Waals surface area contributed by atoms with Gasteiger partial charge in [0.25, 0.3) is 0 Å². The summed E-state index contributed by atoms with van der Waals surface area (Å²) >= 11 is 0. The number of halogens is 3. The van der Waals surface area contributed by atoms with E-state index in [1.165, 1.54) is 12.1 Å². The van der Waals surface area contributed by atoms with Gasteiger partial charge in [-0.3, -0.25) is 4.98 Å². The molecule has 0 unspecified atom stereocenters. The molecule has 0 aliphatic heterocycles. The highest BCUT2D eigenvalue weighted by atomic mass is 19.4. The molecule has 3 nitrogen and oxygen atoms in total. The molecule has 0 saturated carbocycles. The average molecular weight is 289 g/mol. The number of aromatic nitrogens is 1. The lowest BCUT2D eigenvalue weighted by atomic mass is 10.2. The molecule has 0 fully saturated rings. The number of aliphatic imine (C=N–C) groups is 1. The Balaban J connectivity index is 2.35. The first kappa shape index (κ1) is 14.7. The number of alkyl halides is 3. The van der Waals surface area contributed by atoms with Crippen molar-refractivity contribution in [2.24, 2.45) is 4.99 Å². The van der Waals surface area contributed by atoms with E-state index in [1.54, 1.807) is 25.1 Å². The molecule has 1 aromatic heterocycles. The van der Waals surface area contributed by atoms with Crippen LogP contribution in [0.3, 0.4) is 0 Å². The molecule has 21 heavy (non-hydrogen) atoms. The van der Waals surface area contributed by atoms with Crippen LogP contribution < -0.4 is 0 Å². The van der Waals surface area contributed by atoms with Gasteiger partial charge in [-0.15, -0.1) is 0 Å². The zero-order valence-electron chi connectivity index (χ0n) is 11.0. The van der Waals surface area contributed by atoms with Crippen LogP contribution in [0.15, 0.2) is 47.5 Å². The Morgan fingerprint density at radius 2 is 1.81 bits per heavy atom. The molecule has 0 spiro atoms. The van der Waals surface area contributed by atoms with Crippen molar-refractivity contribution in [3.05, 3.63) is 59.4 Å². The minimum absolute atomic E-state index is 0.0541. The van der Waals surface area contributed by atoms with Crippen LogP contribution in [0, 0.1) is 18.3 Å². The second-order valence-electron chi connectivity index (χ2n) is 4.28. The van der Waals surface area contributed by atoms with Gasteiger partial charge < -0.3 is 0 Å². The molecule has 0 aliphatic rings. The lowest BCUT2D eigenvalue weighted by Gasteiger charge is -2.06. The molecule has 0 saturated heterocycles. The predicted molar refractivity (Wildman–Crippen MR) is 72.2 cm³/mol. The standard InChI is InChI=1S/C15H10F3N3/c1-10-3-2-4-13(20-10)14(9-19)21-12-7-5-11(6-8-12)15(16,17)18/h2-8H,1H3. The summed E-state index contributed by atoms with van der Waals surface area (Å²) in [5.74, 6) is 0. The minimum atomic E-state index is -4.39. The van der Waals surface area contributed by atoms with Gasteiger partial charge in [0.05, 0.1) is 16.9 Å². The molecule has 1 heterocycles. The SMILES string of the molecule is Cc1cccc(C(C#N)=Nc2ccc(C(F)(F)F)cc2)n1. The highest BCUT2D eigenvalue weighted by Crippen LogP contribution is 2.30. The first-order valence-corrected chi connectivity index (χ1v) is 6.00. The number of hydrogen-bond acceptors (Lipinski definition) is 3. The van der Waals surface area contributed by atoms with Crippen LogP contribution in [0.5, 0.6) is 0 Å². The molecule has 0 amide bonds. The van der Waals surface area contributed by atoms with Crippen molar-refractivity contribution in [3.63, 3.8) is 0 Å². The summed E-state index contributed by atoms with van der Waals surface area (Å²) in [5.41, 5.74) is 0.676. The summed E-state index contributed by atoms with van der Waals surface area (Å²) in [7, 11) is 0. The monoisotopic (exact) mass is 289 g/mol. The number of nitriles is 1. The third-order valence-corrected chi connectivity index (χ3v) is 2.67. The van der Waals surface area contributed by atoms with Gasteiger partial charge in [0.15, 0.2) is 5.71 Å². The largest absolute Gasteiger partial charge is 0.416 e. The molecule has 1 aromatic carbocycles. The van der Waals surface area contributed by atoms with E-state index in [2.05, 4.69) is 9.98 Å². The second-order valence-corrected chi connectivity index (χ2v) is 4.28. The third kappa shape index (κ3) is 3.66. The van der Waals surface area contributed by atoms with Crippen molar-refractivity contribution >= 4 is 11.4 Å². The number of benzene rings is 1. The number of nitrogens with zero attached hydrogens (tertiary/aromatic N) is 3. The summed E-state index contributed by atoms with van der Waals surface area (Å²) in [4.78, 5) is 8.20. The fourth-order valence-electron chi connectivity index (χ4n) is 1.67. The van der Waals surface area contributed by atoms with Crippen molar-refractivity contribution in [2.75, 3.05) is 0 Å². The lowest BCUT2D eigenvalue weighted by molar-refractivity contribution is -0.137. The van der Waals surface area contributed by atoms with E-state index in [4.69, 9.17) is 5.26 Å². The summed E-state index contributed by atoms with van der Waals surface area (Å²) < 4.78 is 37.4. The molecule has 2 aromatic rings. The fraction of sp³-hybridized carbons (Fsp3) is 0.133. The number of rotatable bonds is 2. The van der Waals surface area contributed by atoms with Crippen LogP contribution in [0.25, 0.3) is 0 Å². The van der Waals surface area contributed by atoms with Gasteiger partial charge >= 0.3 is 6.18 Å². The third-order valence-electron chi connectivity index (χ3n) is 2.67. The lowest BCUT2D eigenvalue weighted by Crippen LogP contribution is -2.04. The maximum Gasteiger partial charge on any atom is 0.416 e. The Kier molecular flexibility index (Phi) is 4.03. The van der Waals surface area contributed by atoms with Crippen LogP contribution in [0.1, 0.15) is 17.0 Å². The first-order chi connectivity index (χ1) is 9.90. The molecule has 0 aliphatic carbocycles. The summed E-state index contributed by atoms with van der Waals surface area (Å²) in [6, 6.07) is 11.3. The first-order valence-electron chi connectivity index (χ1n) is 6.00. The Labute approximate surface area is 119 Å². The van der Waals surface area contributed by atoms with Crippen molar-refractivity contribution in [3.8, 4) is 6.07 Å². The van der Waals surface area contributed by atoms with Crippen molar-refractivity contribution in [1.82, 2.24) is 4.98 Å². The van der Waals surface area contributed by atoms with Gasteiger partial charge in [-0.2, -0.15) is 18.4 Å². The zero-order chi connectivity index (χ0) is 15.5. The number of aryl methyl sites for hydroxylation is 1. The van der Waals surface area contributed by atoms with Gasteiger partial charge in [0.2, 0.25) is 0 Å². The molecular weight excluding hydrogens is 279 g/mol. The summed E-state index contributed by atoms with van der Waals surface area (Å²) in [6.45, 7) is 1.77. The van der Waals surface area contributed by atoms with E-state index in [0.29, 0.717) is 5.69 Å². The Hall–Kier alpha value is -2.68. The zero-order valence-corrected chi connectivity index (χ0v) is 11.0. The molecule has 0 bridgehead atoms. The van der Waals surface area contributed by atoms with Crippen LogP contribution in [-0.2, 0) is 6.18 Å². The number of hydrogen-bond donors (Lipinski definition) is 0. The predicted octanol–water partition coefficient (Wildman–Crippen LogP) is 4.05. The van der Waals surface area contributed by atoms with Gasteiger partial charge in [0, 0.05) is 5.69 Å². The van der Waals surface area contributed by atoms with E-state index in [1.807, 2.05) is 6.07 Å². The smallest absolute Gasteiger partial charge is 0.251 e. The maximum atomic E-state index is 12.5. The van der Waals surface area contributed by atoms with Gasteiger partial charge in [-0.25, -0.2) is 4.99 Å². The van der Waals surface area contributed by atoms with E-state index in [0.717, 1.165) is 17.8 Å². The topological polar surface area (TPSA) is 49.0 Å². The molecule has 0 N–H and O–H groups in total. The summed E-state index contributed by atoms with van der Waals surface area (Å²) in [5, 5.41) is 9.11. The van der Waals surface area contributed by atoms with Crippen molar-refractivity contribution < 1.29 is 13.2 Å². The average Bonchev–Trinajstić information content (AvgIpc) is 2.44. The fourth-order valence-corrected chi connectivity index (χ4v) is 1.67. The Morgan fingerprint density at radius 3 is 2.33 bits per heavy atom.